The molecule has 2 aliphatic rings. The molecule has 3 rings (SSSR count). The highest BCUT2D eigenvalue weighted by atomic mass is 127. The van der Waals surface area contributed by atoms with Crippen LogP contribution in [0.4, 0.5) is 0 Å². The van der Waals surface area contributed by atoms with Crippen molar-refractivity contribution >= 4 is 29.9 Å². The molecule has 1 aromatic carbocycles. The van der Waals surface area contributed by atoms with Crippen molar-refractivity contribution in [3.63, 3.8) is 0 Å². The van der Waals surface area contributed by atoms with Crippen LogP contribution in [0.25, 0.3) is 0 Å². The number of nitrogens with zero attached hydrogens (tertiary/aromatic N) is 2. The van der Waals surface area contributed by atoms with Crippen LogP contribution < -0.4 is 14.8 Å². The Morgan fingerprint density at radius 1 is 1.28 bits per heavy atom. The molecule has 1 saturated heterocycles. The van der Waals surface area contributed by atoms with Crippen LogP contribution in [0, 0.1) is 5.41 Å². The molecule has 1 spiro atoms. The molecule has 5 nitrogen and oxygen atoms in total. The number of ether oxygens (including phenoxy) is 2. The van der Waals surface area contributed by atoms with Gasteiger partial charge in [0.25, 0.3) is 0 Å². The zero-order valence-corrected chi connectivity index (χ0v) is 17.8. The fourth-order valence-corrected chi connectivity index (χ4v) is 3.81. The Labute approximate surface area is 168 Å². The van der Waals surface area contributed by atoms with Gasteiger partial charge in [0.1, 0.15) is 0 Å². The van der Waals surface area contributed by atoms with E-state index in [9.17, 15) is 0 Å². The first-order chi connectivity index (χ1) is 11.7. The second-order valence-electron chi connectivity index (χ2n) is 6.84. The first-order valence-corrected chi connectivity index (χ1v) is 8.95. The number of hydrogen-bond donors (Lipinski definition) is 1. The number of benzene rings is 1. The number of nitrogens with one attached hydrogen (secondary N) is 1. The maximum Gasteiger partial charge on any atom is 0.193 e. The molecule has 140 valence electrons. The molecular weight excluding hydrogens is 429 g/mol. The first-order valence-electron chi connectivity index (χ1n) is 8.95. The predicted octanol–water partition coefficient (Wildman–Crippen LogP) is 3.66. The van der Waals surface area contributed by atoms with E-state index < -0.39 is 0 Å². The number of likely N-dealkylation sites (tertiary alicyclic amines) is 1. The molecule has 0 radical (unpaired) electrons. The standard InChI is InChI=1S/C19H29N3O2.HI/c1-4-24-17-12-15(6-7-16(17)23-3)13-21-18(20-2)22-11-10-19(14-22)8-5-9-19;/h6-7,12H,4-5,8-11,13-14H2,1-3H3,(H,20,21);1H. The summed E-state index contributed by atoms with van der Waals surface area (Å²) in [6, 6.07) is 6.07. The summed E-state index contributed by atoms with van der Waals surface area (Å²) >= 11 is 0. The van der Waals surface area contributed by atoms with Gasteiger partial charge in [-0.1, -0.05) is 12.5 Å². The van der Waals surface area contributed by atoms with Gasteiger partial charge in [0, 0.05) is 26.7 Å². The molecule has 0 unspecified atom stereocenters. The van der Waals surface area contributed by atoms with Crippen molar-refractivity contribution < 1.29 is 9.47 Å². The Hall–Kier alpha value is -1.18. The molecule has 25 heavy (non-hydrogen) atoms. The van der Waals surface area contributed by atoms with Gasteiger partial charge in [-0.2, -0.15) is 0 Å². The number of rotatable bonds is 5. The highest BCUT2D eigenvalue weighted by Crippen LogP contribution is 2.47. The summed E-state index contributed by atoms with van der Waals surface area (Å²) in [7, 11) is 3.54. The summed E-state index contributed by atoms with van der Waals surface area (Å²) in [5, 5.41) is 3.50. The number of aliphatic imine (C=N–C) groups is 1. The molecule has 1 aromatic rings. The minimum absolute atomic E-state index is 0. The van der Waals surface area contributed by atoms with Crippen LogP contribution in [0.1, 0.15) is 38.2 Å². The van der Waals surface area contributed by atoms with Crippen molar-refractivity contribution in [2.24, 2.45) is 10.4 Å². The molecule has 1 N–H and O–H groups in total. The zero-order valence-electron chi connectivity index (χ0n) is 15.5. The molecule has 1 heterocycles. The summed E-state index contributed by atoms with van der Waals surface area (Å²) in [6.45, 7) is 5.62. The van der Waals surface area contributed by atoms with Crippen LogP contribution in [-0.2, 0) is 6.54 Å². The van der Waals surface area contributed by atoms with E-state index >= 15 is 0 Å². The molecule has 6 heteroatoms. The van der Waals surface area contributed by atoms with Crippen LogP contribution in [0.15, 0.2) is 23.2 Å². The quantitative estimate of drug-likeness (QED) is 0.415. The summed E-state index contributed by atoms with van der Waals surface area (Å²) in [6.07, 6.45) is 5.48. The van der Waals surface area contributed by atoms with Crippen molar-refractivity contribution in [2.45, 2.75) is 39.2 Å². The average Bonchev–Trinajstić information content (AvgIpc) is 3.02. The van der Waals surface area contributed by atoms with Gasteiger partial charge in [-0.3, -0.25) is 4.99 Å². The second-order valence-corrected chi connectivity index (χ2v) is 6.84. The summed E-state index contributed by atoms with van der Waals surface area (Å²) < 4.78 is 11.0. The second kappa shape index (κ2) is 8.96. The van der Waals surface area contributed by atoms with Gasteiger partial charge in [0.2, 0.25) is 0 Å². The Morgan fingerprint density at radius 2 is 2.08 bits per heavy atom. The fourth-order valence-electron chi connectivity index (χ4n) is 3.81. The van der Waals surface area contributed by atoms with Gasteiger partial charge in [-0.25, -0.2) is 0 Å². The molecule has 0 bridgehead atoms. The van der Waals surface area contributed by atoms with E-state index in [-0.39, 0.29) is 24.0 Å². The van der Waals surface area contributed by atoms with E-state index in [4.69, 9.17) is 9.47 Å². The number of halogens is 1. The molecule has 0 amide bonds. The van der Waals surface area contributed by atoms with Crippen LogP contribution in [0.3, 0.4) is 0 Å². The van der Waals surface area contributed by atoms with Crippen molar-refractivity contribution in [2.75, 3.05) is 33.9 Å². The number of methoxy groups -OCH3 is 1. The third-order valence-corrected chi connectivity index (χ3v) is 5.34. The summed E-state index contributed by atoms with van der Waals surface area (Å²) in [4.78, 5) is 6.89. The maximum atomic E-state index is 5.66. The maximum absolute atomic E-state index is 5.66. The molecule has 1 saturated carbocycles. The van der Waals surface area contributed by atoms with Crippen LogP contribution >= 0.6 is 24.0 Å². The van der Waals surface area contributed by atoms with E-state index in [0.717, 1.165) is 42.7 Å². The number of hydrogen-bond acceptors (Lipinski definition) is 3. The minimum atomic E-state index is 0. The monoisotopic (exact) mass is 459 g/mol. The molecule has 1 aliphatic carbocycles. The van der Waals surface area contributed by atoms with Crippen molar-refractivity contribution in [1.82, 2.24) is 10.2 Å². The van der Waals surface area contributed by atoms with Gasteiger partial charge in [0.15, 0.2) is 17.5 Å². The fraction of sp³-hybridized carbons (Fsp3) is 0.632. The average molecular weight is 459 g/mol. The van der Waals surface area contributed by atoms with Gasteiger partial charge in [-0.05, 0) is 49.3 Å². The highest BCUT2D eigenvalue weighted by molar-refractivity contribution is 14.0. The van der Waals surface area contributed by atoms with Gasteiger partial charge >= 0.3 is 0 Å². The van der Waals surface area contributed by atoms with Gasteiger partial charge in [0.05, 0.1) is 13.7 Å². The minimum Gasteiger partial charge on any atom is -0.493 e. The zero-order chi connectivity index (χ0) is 17.0. The highest BCUT2D eigenvalue weighted by Gasteiger charge is 2.43. The normalized spacial score (nSPS) is 18.5. The van der Waals surface area contributed by atoms with Crippen LogP contribution in [0.5, 0.6) is 11.5 Å². The molecular formula is C19H30IN3O2. The van der Waals surface area contributed by atoms with Gasteiger partial charge in [-0.15, -0.1) is 24.0 Å². The van der Waals surface area contributed by atoms with Crippen molar-refractivity contribution in [1.29, 1.82) is 0 Å². The number of guanidine groups is 1. The third-order valence-electron chi connectivity index (χ3n) is 5.34. The van der Waals surface area contributed by atoms with Crippen LogP contribution in [-0.4, -0.2) is 44.7 Å². The third kappa shape index (κ3) is 4.51. The van der Waals surface area contributed by atoms with E-state index in [1.165, 1.54) is 25.7 Å². The van der Waals surface area contributed by atoms with E-state index in [1.807, 2.05) is 26.1 Å². The first kappa shape index (κ1) is 20.1. The lowest BCUT2D eigenvalue weighted by Gasteiger charge is -2.38. The summed E-state index contributed by atoms with van der Waals surface area (Å²) in [5.74, 6) is 2.58. The molecule has 0 aromatic heterocycles. The lowest BCUT2D eigenvalue weighted by atomic mass is 9.68. The Kier molecular flexibility index (Phi) is 7.22. The SMILES string of the molecule is CCOc1cc(CNC(=NC)N2CCC3(CCC3)C2)ccc1OC.I. The predicted molar refractivity (Wildman–Crippen MR) is 112 cm³/mol. The van der Waals surface area contributed by atoms with E-state index in [1.54, 1.807) is 7.11 Å². The molecule has 0 atom stereocenters. The molecule has 2 fully saturated rings. The summed E-state index contributed by atoms with van der Waals surface area (Å²) in [5.41, 5.74) is 1.75. The Bertz CT molecular complexity index is 602. The lowest BCUT2D eigenvalue weighted by Crippen LogP contribution is -2.42. The topological polar surface area (TPSA) is 46.1 Å². The molecule has 1 aliphatic heterocycles. The lowest BCUT2D eigenvalue weighted by molar-refractivity contribution is 0.151. The van der Waals surface area contributed by atoms with Crippen molar-refractivity contribution in [3.8, 4) is 11.5 Å². The smallest absolute Gasteiger partial charge is 0.193 e. The van der Waals surface area contributed by atoms with E-state index in [2.05, 4.69) is 21.3 Å². The van der Waals surface area contributed by atoms with Gasteiger partial charge < -0.3 is 19.7 Å². The van der Waals surface area contributed by atoms with E-state index in [0.29, 0.717) is 12.0 Å². The Morgan fingerprint density at radius 3 is 2.64 bits per heavy atom. The Balaban J connectivity index is 0.00000225. The largest absolute Gasteiger partial charge is 0.493 e. The van der Waals surface area contributed by atoms with Crippen LogP contribution in [0.2, 0.25) is 0 Å². The van der Waals surface area contributed by atoms with Crippen molar-refractivity contribution in [3.05, 3.63) is 23.8 Å².